The SMILES string of the molecule is CCOc1cc(/C=N/NC(=O)c2cccnc2)cc(I)c1OCc1ccc(Cl)cc1. The van der Waals surface area contributed by atoms with Crippen LogP contribution in [0.2, 0.25) is 5.02 Å². The van der Waals surface area contributed by atoms with Crippen LogP contribution in [0.15, 0.2) is 66.0 Å². The molecule has 0 unspecified atom stereocenters. The number of halogens is 2. The summed E-state index contributed by atoms with van der Waals surface area (Å²) in [5.74, 6) is 0.935. The minimum Gasteiger partial charge on any atom is -0.490 e. The first-order valence-corrected chi connectivity index (χ1v) is 10.6. The quantitative estimate of drug-likeness (QED) is 0.248. The molecule has 154 valence electrons. The van der Waals surface area contributed by atoms with Crippen molar-refractivity contribution in [2.75, 3.05) is 6.61 Å². The van der Waals surface area contributed by atoms with Gasteiger partial charge in [0.05, 0.1) is 22.0 Å². The molecule has 1 aromatic heterocycles. The van der Waals surface area contributed by atoms with Crippen LogP contribution in [0.1, 0.15) is 28.4 Å². The van der Waals surface area contributed by atoms with Crippen LogP contribution < -0.4 is 14.9 Å². The molecule has 0 saturated carbocycles. The van der Waals surface area contributed by atoms with E-state index in [2.05, 4.69) is 38.1 Å². The largest absolute Gasteiger partial charge is 0.490 e. The summed E-state index contributed by atoms with van der Waals surface area (Å²) in [6, 6.07) is 14.6. The number of nitrogens with zero attached hydrogens (tertiary/aromatic N) is 2. The Balaban J connectivity index is 1.71. The molecule has 2 aromatic carbocycles. The third-order valence-corrected chi connectivity index (χ3v) is 4.98. The van der Waals surface area contributed by atoms with Crippen molar-refractivity contribution in [3.63, 3.8) is 0 Å². The number of aromatic nitrogens is 1. The molecule has 0 fully saturated rings. The lowest BCUT2D eigenvalue weighted by molar-refractivity contribution is 0.0955. The third kappa shape index (κ3) is 6.17. The van der Waals surface area contributed by atoms with Gasteiger partial charge in [-0.15, -0.1) is 0 Å². The van der Waals surface area contributed by atoms with Gasteiger partial charge >= 0.3 is 0 Å². The van der Waals surface area contributed by atoms with E-state index in [1.54, 1.807) is 24.5 Å². The summed E-state index contributed by atoms with van der Waals surface area (Å²) in [5.41, 5.74) is 4.70. The maximum absolute atomic E-state index is 12.0. The summed E-state index contributed by atoms with van der Waals surface area (Å²) >= 11 is 8.12. The van der Waals surface area contributed by atoms with Crippen molar-refractivity contribution >= 4 is 46.3 Å². The molecule has 1 amide bonds. The fraction of sp³-hybridized carbons (Fsp3) is 0.136. The summed E-state index contributed by atoms with van der Waals surface area (Å²) in [4.78, 5) is 16.0. The Kier molecular flexibility index (Phi) is 8.04. The number of hydrogen-bond acceptors (Lipinski definition) is 5. The molecule has 8 heteroatoms. The van der Waals surface area contributed by atoms with Crippen molar-refractivity contribution in [2.45, 2.75) is 13.5 Å². The molecule has 0 saturated heterocycles. The second-order valence-electron chi connectivity index (χ2n) is 6.12. The van der Waals surface area contributed by atoms with Crippen LogP contribution in [-0.2, 0) is 6.61 Å². The highest BCUT2D eigenvalue weighted by Crippen LogP contribution is 2.34. The number of rotatable bonds is 8. The lowest BCUT2D eigenvalue weighted by atomic mass is 10.2. The van der Waals surface area contributed by atoms with Crippen molar-refractivity contribution in [2.24, 2.45) is 5.10 Å². The fourth-order valence-corrected chi connectivity index (χ4v) is 3.44. The van der Waals surface area contributed by atoms with Crippen molar-refractivity contribution in [1.29, 1.82) is 0 Å². The minimum atomic E-state index is -0.331. The molecule has 0 spiro atoms. The topological polar surface area (TPSA) is 72.8 Å². The molecule has 0 bridgehead atoms. The van der Waals surface area contributed by atoms with Gasteiger partial charge < -0.3 is 9.47 Å². The highest BCUT2D eigenvalue weighted by Gasteiger charge is 2.12. The second kappa shape index (κ2) is 10.9. The number of benzene rings is 2. The van der Waals surface area contributed by atoms with Crippen molar-refractivity contribution in [3.05, 3.63) is 86.2 Å². The van der Waals surface area contributed by atoms with E-state index >= 15 is 0 Å². The first-order chi connectivity index (χ1) is 14.6. The summed E-state index contributed by atoms with van der Waals surface area (Å²) in [5, 5.41) is 4.71. The first-order valence-electron chi connectivity index (χ1n) is 9.14. The standard InChI is InChI=1S/C22H19ClIN3O3/c1-2-29-20-11-16(12-26-27-22(28)17-4-3-9-25-13-17)10-19(24)21(20)30-14-15-5-7-18(23)8-6-15/h3-13H,2,14H2,1H3,(H,27,28)/b26-12+. The van der Waals surface area contributed by atoms with Gasteiger partial charge in [-0.05, 0) is 77.0 Å². The van der Waals surface area contributed by atoms with Crippen LogP contribution in [0.25, 0.3) is 0 Å². The Hall–Kier alpha value is -2.65. The smallest absolute Gasteiger partial charge is 0.272 e. The molecule has 0 aliphatic carbocycles. The van der Waals surface area contributed by atoms with Crippen LogP contribution in [0.4, 0.5) is 0 Å². The summed E-state index contributed by atoms with van der Waals surface area (Å²) < 4.78 is 12.6. The summed E-state index contributed by atoms with van der Waals surface area (Å²) in [7, 11) is 0. The molecule has 1 heterocycles. The summed E-state index contributed by atoms with van der Waals surface area (Å²) in [6.45, 7) is 2.79. The highest BCUT2D eigenvalue weighted by molar-refractivity contribution is 14.1. The maximum Gasteiger partial charge on any atom is 0.272 e. The van der Waals surface area contributed by atoms with Gasteiger partial charge in [0.2, 0.25) is 0 Å². The zero-order chi connectivity index (χ0) is 21.3. The van der Waals surface area contributed by atoms with E-state index in [0.29, 0.717) is 35.3 Å². The molecule has 3 aromatic rings. The first kappa shape index (κ1) is 22.0. The lowest BCUT2D eigenvalue weighted by Crippen LogP contribution is -2.17. The van der Waals surface area contributed by atoms with Gasteiger partial charge in [-0.3, -0.25) is 9.78 Å². The Morgan fingerprint density at radius 1 is 1.23 bits per heavy atom. The number of hydrazone groups is 1. The minimum absolute atomic E-state index is 0.331. The summed E-state index contributed by atoms with van der Waals surface area (Å²) in [6.07, 6.45) is 4.64. The molecule has 0 atom stereocenters. The lowest BCUT2D eigenvalue weighted by Gasteiger charge is -2.14. The van der Waals surface area contributed by atoms with E-state index in [1.807, 2.05) is 43.3 Å². The second-order valence-corrected chi connectivity index (χ2v) is 7.72. The zero-order valence-electron chi connectivity index (χ0n) is 16.1. The zero-order valence-corrected chi connectivity index (χ0v) is 19.1. The van der Waals surface area contributed by atoms with Crippen LogP contribution in [0.5, 0.6) is 11.5 Å². The monoisotopic (exact) mass is 535 g/mol. The molecule has 1 N–H and O–H groups in total. The number of nitrogens with one attached hydrogen (secondary N) is 1. The number of amides is 1. The van der Waals surface area contributed by atoms with Crippen molar-refractivity contribution in [3.8, 4) is 11.5 Å². The van der Waals surface area contributed by atoms with E-state index in [4.69, 9.17) is 21.1 Å². The highest BCUT2D eigenvalue weighted by atomic mass is 127. The Bertz CT molecular complexity index is 1030. The molecule has 3 rings (SSSR count). The van der Waals surface area contributed by atoms with Gasteiger partial charge in [0.15, 0.2) is 11.5 Å². The molecule has 0 aliphatic rings. The fourth-order valence-electron chi connectivity index (χ4n) is 2.53. The van der Waals surface area contributed by atoms with Crippen LogP contribution in [-0.4, -0.2) is 23.7 Å². The third-order valence-electron chi connectivity index (χ3n) is 3.93. The van der Waals surface area contributed by atoms with Gasteiger partial charge in [-0.2, -0.15) is 5.10 Å². The maximum atomic E-state index is 12.0. The molecular weight excluding hydrogens is 517 g/mol. The van der Waals surface area contributed by atoms with E-state index in [0.717, 1.165) is 14.7 Å². The normalized spacial score (nSPS) is 10.8. The van der Waals surface area contributed by atoms with Gasteiger partial charge in [0.25, 0.3) is 5.91 Å². The van der Waals surface area contributed by atoms with Crippen molar-refractivity contribution in [1.82, 2.24) is 10.4 Å². The van der Waals surface area contributed by atoms with Gasteiger partial charge in [-0.25, -0.2) is 5.43 Å². The number of carbonyl (C=O) groups is 1. The average Bonchev–Trinajstić information content (AvgIpc) is 2.75. The molecule has 30 heavy (non-hydrogen) atoms. The Morgan fingerprint density at radius 3 is 2.73 bits per heavy atom. The number of hydrogen-bond donors (Lipinski definition) is 1. The Morgan fingerprint density at radius 2 is 2.03 bits per heavy atom. The Labute approximate surface area is 193 Å². The predicted molar refractivity (Wildman–Crippen MR) is 125 cm³/mol. The van der Waals surface area contributed by atoms with Crippen LogP contribution in [0, 0.1) is 3.57 Å². The molecule has 0 radical (unpaired) electrons. The number of ether oxygens (including phenoxy) is 2. The molecule has 6 nitrogen and oxygen atoms in total. The molecular formula is C22H19ClIN3O3. The number of pyridine rings is 1. The average molecular weight is 536 g/mol. The van der Waals surface area contributed by atoms with E-state index in [1.165, 1.54) is 6.20 Å². The van der Waals surface area contributed by atoms with E-state index < -0.39 is 0 Å². The van der Waals surface area contributed by atoms with E-state index in [-0.39, 0.29) is 5.91 Å². The van der Waals surface area contributed by atoms with Crippen molar-refractivity contribution < 1.29 is 14.3 Å². The predicted octanol–water partition coefficient (Wildman–Crippen LogP) is 5.08. The van der Waals surface area contributed by atoms with Crippen LogP contribution in [0.3, 0.4) is 0 Å². The molecule has 0 aliphatic heterocycles. The van der Waals surface area contributed by atoms with E-state index in [9.17, 15) is 4.79 Å². The number of carbonyl (C=O) groups excluding carboxylic acids is 1. The van der Waals surface area contributed by atoms with Gasteiger partial charge in [0, 0.05) is 17.4 Å². The van der Waals surface area contributed by atoms with Gasteiger partial charge in [-0.1, -0.05) is 23.7 Å². The van der Waals surface area contributed by atoms with Gasteiger partial charge in [0.1, 0.15) is 6.61 Å². The van der Waals surface area contributed by atoms with Crippen LogP contribution >= 0.6 is 34.2 Å².